The van der Waals surface area contributed by atoms with Gasteiger partial charge >= 0.3 is 5.97 Å². The van der Waals surface area contributed by atoms with Crippen LogP contribution < -0.4 is 0 Å². The molecule has 94 valence electrons. The number of rotatable bonds is 4. The lowest BCUT2D eigenvalue weighted by atomic mass is 10.2. The lowest BCUT2D eigenvalue weighted by molar-refractivity contribution is -0.142. The van der Waals surface area contributed by atoms with Gasteiger partial charge in [0, 0.05) is 0 Å². The molecular formula is C10H9ClF3NO2. The van der Waals surface area contributed by atoms with Crippen molar-refractivity contribution in [3.63, 3.8) is 0 Å². The van der Waals surface area contributed by atoms with E-state index in [2.05, 4.69) is 9.72 Å². The van der Waals surface area contributed by atoms with Crippen molar-refractivity contribution >= 4 is 17.6 Å². The van der Waals surface area contributed by atoms with Gasteiger partial charge in [-0.2, -0.15) is 0 Å². The Labute approximate surface area is 101 Å². The van der Waals surface area contributed by atoms with Gasteiger partial charge in [-0.15, -0.1) is 0 Å². The number of hydrogen-bond acceptors (Lipinski definition) is 3. The minimum Gasteiger partial charge on any atom is -0.466 e. The second kappa shape index (κ2) is 5.86. The van der Waals surface area contributed by atoms with E-state index in [1.165, 1.54) is 0 Å². The van der Waals surface area contributed by atoms with Gasteiger partial charge in [0.1, 0.15) is 5.69 Å². The third kappa shape index (κ3) is 3.59. The van der Waals surface area contributed by atoms with E-state index in [1.54, 1.807) is 6.92 Å². The van der Waals surface area contributed by atoms with Crippen LogP contribution in [0.4, 0.5) is 13.2 Å². The summed E-state index contributed by atoms with van der Waals surface area (Å²) >= 11 is 5.60. The van der Waals surface area contributed by atoms with Crippen LogP contribution in [0.15, 0.2) is 6.07 Å². The first-order valence-corrected chi connectivity index (χ1v) is 5.12. The molecule has 1 rings (SSSR count). The maximum Gasteiger partial charge on any atom is 0.311 e. The van der Waals surface area contributed by atoms with Gasteiger partial charge in [0.2, 0.25) is 0 Å². The minimum atomic E-state index is -3.06. The van der Waals surface area contributed by atoms with Crippen molar-refractivity contribution in [2.45, 2.75) is 19.8 Å². The van der Waals surface area contributed by atoms with Crippen molar-refractivity contribution in [2.24, 2.45) is 0 Å². The number of ether oxygens (including phenoxy) is 1. The first-order valence-electron chi connectivity index (χ1n) is 4.74. The minimum absolute atomic E-state index is 0.123. The second-order valence-electron chi connectivity index (χ2n) is 3.07. The molecule has 0 spiro atoms. The molecule has 1 aromatic heterocycles. The molecule has 0 radical (unpaired) electrons. The van der Waals surface area contributed by atoms with E-state index in [0.717, 1.165) is 0 Å². The summed E-state index contributed by atoms with van der Waals surface area (Å²) < 4.78 is 42.4. The number of nitrogens with zero attached hydrogens (tertiary/aromatic N) is 1. The Bertz CT molecular complexity index is 426. The van der Waals surface area contributed by atoms with Crippen LogP contribution in [-0.2, 0) is 16.0 Å². The molecule has 0 aliphatic heterocycles. The number of carbonyl (C=O) groups excluding carboxylic acids is 1. The van der Waals surface area contributed by atoms with Crippen LogP contribution in [0.3, 0.4) is 0 Å². The van der Waals surface area contributed by atoms with E-state index in [1.807, 2.05) is 0 Å². The van der Waals surface area contributed by atoms with Crippen LogP contribution >= 0.6 is 11.6 Å². The summed E-state index contributed by atoms with van der Waals surface area (Å²) in [5, 5.41) is -0.181. The lowest BCUT2D eigenvalue weighted by Gasteiger charge is -2.07. The van der Waals surface area contributed by atoms with Crippen molar-refractivity contribution in [3.8, 4) is 0 Å². The fourth-order valence-corrected chi connectivity index (χ4v) is 1.35. The van der Waals surface area contributed by atoms with E-state index in [4.69, 9.17) is 11.6 Å². The predicted molar refractivity (Wildman–Crippen MR) is 54.5 cm³/mol. The summed E-state index contributed by atoms with van der Waals surface area (Å²) in [6, 6.07) is 0.713. The molecule has 1 heterocycles. The summed E-state index contributed by atoms with van der Waals surface area (Å²) in [6.45, 7) is 1.75. The number of alkyl halides is 2. The van der Waals surface area contributed by atoms with Crippen LogP contribution in [-0.4, -0.2) is 17.6 Å². The van der Waals surface area contributed by atoms with E-state index in [-0.39, 0.29) is 23.7 Å². The summed E-state index contributed by atoms with van der Waals surface area (Å²) in [4.78, 5) is 14.5. The normalized spacial score (nSPS) is 10.7. The Kier molecular flexibility index (Phi) is 4.74. The number of esters is 1. The van der Waals surface area contributed by atoms with E-state index < -0.39 is 23.9 Å². The molecule has 1 aromatic rings. The number of halogens is 4. The molecular weight excluding hydrogens is 259 g/mol. The Morgan fingerprint density at radius 2 is 2.24 bits per heavy atom. The van der Waals surface area contributed by atoms with Crippen LogP contribution in [0, 0.1) is 5.82 Å². The van der Waals surface area contributed by atoms with E-state index in [0.29, 0.717) is 6.07 Å². The first kappa shape index (κ1) is 13.8. The molecule has 0 bridgehead atoms. The molecule has 0 aromatic carbocycles. The third-order valence-corrected chi connectivity index (χ3v) is 2.18. The van der Waals surface area contributed by atoms with Gasteiger partial charge in [0.15, 0.2) is 5.82 Å². The van der Waals surface area contributed by atoms with Crippen molar-refractivity contribution in [1.82, 2.24) is 4.98 Å². The highest BCUT2D eigenvalue weighted by Crippen LogP contribution is 2.25. The van der Waals surface area contributed by atoms with E-state index in [9.17, 15) is 18.0 Å². The molecule has 0 aliphatic rings. The molecule has 0 saturated carbocycles. The van der Waals surface area contributed by atoms with Crippen molar-refractivity contribution in [1.29, 1.82) is 0 Å². The largest absolute Gasteiger partial charge is 0.466 e. The van der Waals surface area contributed by atoms with Gasteiger partial charge in [-0.25, -0.2) is 18.2 Å². The molecule has 3 nitrogen and oxygen atoms in total. The zero-order valence-electron chi connectivity index (χ0n) is 8.84. The van der Waals surface area contributed by atoms with Gasteiger partial charge in [-0.1, -0.05) is 11.6 Å². The number of carbonyl (C=O) groups is 1. The van der Waals surface area contributed by atoms with Crippen LogP contribution in [0.25, 0.3) is 0 Å². The fourth-order valence-electron chi connectivity index (χ4n) is 1.15. The Morgan fingerprint density at radius 1 is 1.59 bits per heavy atom. The van der Waals surface area contributed by atoms with Gasteiger partial charge in [0.05, 0.1) is 23.7 Å². The zero-order chi connectivity index (χ0) is 13.0. The number of pyridine rings is 1. The highest BCUT2D eigenvalue weighted by atomic mass is 35.5. The fraction of sp³-hybridized carbons (Fsp3) is 0.400. The van der Waals surface area contributed by atoms with Gasteiger partial charge < -0.3 is 4.74 Å². The van der Waals surface area contributed by atoms with Crippen LogP contribution in [0.1, 0.15) is 24.7 Å². The van der Waals surface area contributed by atoms with Gasteiger partial charge in [0.25, 0.3) is 6.43 Å². The molecule has 0 N–H and O–H groups in total. The lowest BCUT2D eigenvalue weighted by Crippen LogP contribution is -2.11. The third-order valence-electron chi connectivity index (χ3n) is 1.85. The van der Waals surface area contributed by atoms with Gasteiger partial charge in [-0.05, 0) is 13.0 Å². The molecule has 0 atom stereocenters. The maximum atomic E-state index is 13.0. The zero-order valence-corrected chi connectivity index (χ0v) is 9.60. The Hall–Kier alpha value is -1.30. The summed E-state index contributed by atoms with van der Waals surface area (Å²) in [7, 11) is 0. The molecule has 0 amide bonds. The summed E-state index contributed by atoms with van der Waals surface area (Å²) in [5.41, 5.74) is -1.14. The average Bonchev–Trinajstić information content (AvgIpc) is 2.21. The summed E-state index contributed by atoms with van der Waals surface area (Å²) in [5.74, 6) is -1.86. The quantitative estimate of drug-likeness (QED) is 0.788. The van der Waals surface area contributed by atoms with Crippen LogP contribution in [0.5, 0.6) is 0 Å². The molecule has 0 aliphatic carbocycles. The SMILES string of the molecule is CCOC(=O)Cc1nc(C(F)F)c(F)cc1Cl. The highest BCUT2D eigenvalue weighted by Gasteiger charge is 2.19. The second-order valence-corrected chi connectivity index (χ2v) is 3.47. The Balaban J connectivity index is 2.99. The summed E-state index contributed by atoms with van der Waals surface area (Å²) in [6.07, 6.45) is -3.43. The van der Waals surface area contributed by atoms with Crippen molar-refractivity contribution in [3.05, 3.63) is 28.3 Å². The standard InChI is InChI=1S/C10H9ClF3NO2/c1-2-17-8(16)4-7-5(11)3-6(12)9(15-7)10(13)14/h3,10H,2,4H2,1H3. The van der Waals surface area contributed by atoms with Gasteiger partial charge in [-0.3, -0.25) is 4.79 Å². The first-order chi connectivity index (χ1) is 7.95. The predicted octanol–water partition coefficient (Wildman–Crippen LogP) is 2.92. The molecule has 7 heteroatoms. The molecule has 17 heavy (non-hydrogen) atoms. The van der Waals surface area contributed by atoms with E-state index >= 15 is 0 Å². The number of hydrogen-bond donors (Lipinski definition) is 0. The number of aromatic nitrogens is 1. The Morgan fingerprint density at radius 3 is 2.76 bits per heavy atom. The molecule has 0 saturated heterocycles. The topological polar surface area (TPSA) is 39.2 Å². The molecule has 0 fully saturated rings. The molecule has 0 unspecified atom stereocenters. The monoisotopic (exact) mass is 267 g/mol. The van der Waals surface area contributed by atoms with Crippen molar-refractivity contribution < 1.29 is 22.7 Å². The highest BCUT2D eigenvalue weighted by molar-refractivity contribution is 6.31. The van der Waals surface area contributed by atoms with Crippen LogP contribution in [0.2, 0.25) is 5.02 Å². The smallest absolute Gasteiger partial charge is 0.311 e. The average molecular weight is 268 g/mol. The maximum absolute atomic E-state index is 13.0. The van der Waals surface area contributed by atoms with Crippen molar-refractivity contribution in [2.75, 3.05) is 6.61 Å².